The minimum absolute atomic E-state index is 0.151. The average Bonchev–Trinajstić information content (AvgIpc) is 2.91. The highest BCUT2D eigenvalue weighted by Crippen LogP contribution is 2.03. The molecule has 0 spiro atoms. The Morgan fingerprint density at radius 3 is 3.05 bits per heavy atom. The van der Waals surface area contributed by atoms with E-state index in [2.05, 4.69) is 20.9 Å². The number of rotatable bonds is 5. The minimum atomic E-state index is -0.717. The van der Waals surface area contributed by atoms with Crippen LogP contribution in [-0.4, -0.2) is 33.8 Å². The predicted octanol–water partition coefficient (Wildman–Crippen LogP) is -0.918. The molecule has 10 heteroatoms. The van der Waals surface area contributed by atoms with Gasteiger partial charge in [-0.3, -0.25) is 14.6 Å². The van der Waals surface area contributed by atoms with Crippen LogP contribution in [-0.2, 0) is 4.79 Å². The highest BCUT2D eigenvalue weighted by molar-refractivity contribution is 7.11. The molecular formula is C10H10N6O3S. The van der Waals surface area contributed by atoms with Gasteiger partial charge >= 0.3 is 5.69 Å². The summed E-state index contributed by atoms with van der Waals surface area (Å²) in [6, 6.07) is 3.71. The lowest BCUT2D eigenvalue weighted by molar-refractivity contribution is -0.119. The third-order valence-corrected chi connectivity index (χ3v) is 2.86. The van der Waals surface area contributed by atoms with E-state index >= 15 is 0 Å². The van der Waals surface area contributed by atoms with E-state index in [0.717, 1.165) is 4.88 Å². The van der Waals surface area contributed by atoms with Gasteiger partial charge in [-0.05, 0) is 11.4 Å². The average molecular weight is 294 g/mol. The molecule has 9 nitrogen and oxygen atoms in total. The van der Waals surface area contributed by atoms with Crippen molar-refractivity contribution in [2.24, 2.45) is 5.10 Å². The van der Waals surface area contributed by atoms with Crippen LogP contribution in [0.1, 0.15) is 4.88 Å². The Balaban J connectivity index is 1.83. The lowest BCUT2D eigenvalue weighted by Crippen LogP contribution is -2.31. The molecular weight excluding hydrogens is 284 g/mol. The lowest BCUT2D eigenvalue weighted by atomic mass is 10.5. The number of nitrogens with zero attached hydrogens (tertiary/aromatic N) is 2. The highest BCUT2D eigenvalue weighted by Gasteiger charge is 2.04. The largest absolute Gasteiger partial charge is 0.355 e. The molecule has 0 aliphatic rings. The normalized spacial score (nSPS) is 10.6. The second kappa shape index (κ2) is 6.43. The molecule has 20 heavy (non-hydrogen) atoms. The number of hydrogen-bond acceptors (Lipinski definition) is 7. The molecule has 0 fully saturated rings. The summed E-state index contributed by atoms with van der Waals surface area (Å²) in [5.74, 6) is -0.604. The summed E-state index contributed by atoms with van der Waals surface area (Å²) >= 11 is 1.48. The Morgan fingerprint density at radius 2 is 2.35 bits per heavy atom. The van der Waals surface area contributed by atoms with E-state index in [-0.39, 0.29) is 12.4 Å². The molecule has 2 rings (SSSR count). The molecule has 0 unspecified atom stereocenters. The van der Waals surface area contributed by atoms with Crippen molar-refractivity contribution in [1.29, 1.82) is 0 Å². The standard InChI is InChI=1S/C10H10N6O3S/c17-7(14-12-4-6-2-1-3-20-6)5-11-8-9(18)13-10(19)16-15-8/h1-4H,5H2,(H,11,15)(H,14,17)(H2,13,16,18,19)/b12-4+. The zero-order valence-corrected chi connectivity index (χ0v) is 10.9. The first kappa shape index (κ1) is 13.7. The Kier molecular flexibility index (Phi) is 4.39. The van der Waals surface area contributed by atoms with Crippen LogP contribution in [0.3, 0.4) is 0 Å². The quantitative estimate of drug-likeness (QED) is 0.418. The van der Waals surface area contributed by atoms with Crippen LogP contribution < -0.4 is 22.0 Å². The van der Waals surface area contributed by atoms with E-state index in [9.17, 15) is 14.4 Å². The van der Waals surface area contributed by atoms with E-state index in [0.29, 0.717) is 0 Å². The maximum atomic E-state index is 11.4. The van der Waals surface area contributed by atoms with E-state index in [1.54, 1.807) is 0 Å². The topological polar surface area (TPSA) is 132 Å². The fourth-order valence-corrected chi connectivity index (χ4v) is 1.79. The number of carbonyl (C=O) groups is 1. The SMILES string of the molecule is O=C(CNc1n[nH]c(=O)[nH]c1=O)N/N=C/c1cccs1. The van der Waals surface area contributed by atoms with Gasteiger partial charge < -0.3 is 5.32 Å². The summed E-state index contributed by atoms with van der Waals surface area (Å²) in [7, 11) is 0. The molecule has 104 valence electrons. The van der Waals surface area contributed by atoms with Crippen LogP contribution >= 0.6 is 11.3 Å². The van der Waals surface area contributed by atoms with E-state index < -0.39 is 17.2 Å². The second-order valence-corrected chi connectivity index (χ2v) is 4.50. The van der Waals surface area contributed by atoms with Crippen molar-refractivity contribution in [3.8, 4) is 0 Å². The molecule has 0 saturated carbocycles. The van der Waals surface area contributed by atoms with E-state index in [4.69, 9.17) is 0 Å². The van der Waals surface area contributed by atoms with Crippen LogP contribution in [0.2, 0.25) is 0 Å². The number of thiophene rings is 1. The summed E-state index contributed by atoms with van der Waals surface area (Å²) in [6.07, 6.45) is 1.51. The summed E-state index contributed by atoms with van der Waals surface area (Å²) in [4.78, 5) is 36.3. The zero-order chi connectivity index (χ0) is 14.4. The van der Waals surface area contributed by atoms with Crippen LogP contribution in [0.5, 0.6) is 0 Å². The number of nitrogens with one attached hydrogen (secondary N) is 4. The molecule has 2 aromatic rings. The molecule has 2 aromatic heterocycles. The third kappa shape index (κ3) is 3.88. The van der Waals surface area contributed by atoms with Gasteiger partial charge in [0, 0.05) is 4.88 Å². The number of anilines is 1. The second-order valence-electron chi connectivity index (χ2n) is 3.52. The van der Waals surface area contributed by atoms with Crippen molar-refractivity contribution in [2.45, 2.75) is 0 Å². The molecule has 0 aromatic carbocycles. The Hall–Kier alpha value is -2.75. The monoisotopic (exact) mass is 294 g/mol. The van der Waals surface area contributed by atoms with Gasteiger partial charge in [-0.25, -0.2) is 15.3 Å². The molecule has 4 N–H and O–H groups in total. The third-order valence-electron chi connectivity index (χ3n) is 2.05. The zero-order valence-electron chi connectivity index (χ0n) is 10.0. The molecule has 0 atom stereocenters. The summed E-state index contributed by atoms with van der Waals surface area (Å²) < 4.78 is 0. The molecule has 2 heterocycles. The number of aromatic nitrogens is 3. The molecule has 1 amide bonds. The van der Waals surface area contributed by atoms with Crippen molar-refractivity contribution < 1.29 is 4.79 Å². The maximum Gasteiger partial charge on any atom is 0.342 e. The fraction of sp³-hybridized carbons (Fsp3) is 0.100. The van der Waals surface area contributed by atoms with Gasteiger partial charge in [0.1, 0.15) is 0 Å². The van der Waals surface area contributed by atoms with Gasteiger partial charge in [0.15, 0.2) is 0 Å². The number of hydrazone groups is 1. The van der Waals surface area contributed by atoms with Crippen molar-refractivity contribution in [2.75, 3.05) is 11.9 Å². The maximum absolute atomic E-state index is 11.4. The van der Waals surface area contributed by atoms with Crippen molar-refractivity contribution in [3.63, 3.8) is 0 Å². The first-order valence-electron chi connectivity index (χ1n) is 5.43. The summed E-state index contributed by atoms with van der Waals surface area (Å²) in [5, 5.41) is 13.6. The number of amides is 1. The number of carbonyl (C=O) groups excluding carboxylic acids is 1. The van der Waals surface area contributed by atoms with Crippen LogP contribution in [0.15, 0.2) is 32.2 Å². The minimum Gasteiger partial charge on any atom is -0.355 e. The predicted molar refractivity (Wildman–Crippen MR) is 74.0 cm³/mol. The van der Waals surface area contributed by atoms with Gasteiger partial charge in [-0.2, -0.15) is 5.10 Å². The van der Waals surface area contributed by atoms with Crippen LogP contribution in [0.4, 0.5) is 5.82 Å². The summed E-state index contributed by atoms with van der Waals surface area (Å²) in [6.45, 7) is -0.204. The van der Waals surface area contributed by atoms with Crippen LogP contribution in [0, 0.1) is 0 Å². The van der Waals surface area contributed by atoms with Gasteiger partial charge in [0.05, 0.1) is 12.8 Å². The van der Waals surface area contributed by atoms with Gasteiger partial charge in [0.2, 0.25) is 5.82 Å². The molecule has 0 saturated heterocycles. The van der Waals surface area contributed by atoms with Gasteiger partial charge in [-0.15, -0.1) is 16.4 Å². The Labute approximate surface area is 115 Å². The molecule has 0 aliphatic carbocycles. The Bertz CT molecular complexity index is 717. The van der Waals surface area contributed by atoms with E-state index in [1.807, 2.05) is 27.6 Å². The smallest absolute Gasteiger partial charge is 0.342 e. The fourth-order valence-electron chi connectivity index (χ4n) is 1.20. The summed E-state index contributed by atoms with van der Waals surface area (Å²) in [5.41, 5.74) is 0.863. The number of H-pyrrole nitrogens is 2. The number of aromatic amines is 2. The van der Waals surface area contributed by atoms with Crippen LogP contribution in [0.25, 0.3) is 0 Å². The first-order valence-corrected chi connectivity index (χ1v) is 6.31. The highest BCUT2D eigenvalue weighted by atomic mass is 32.1. The van der Waals surface area contributed by atoms with Crippen molar-refractivity contribution in [3.05, 3.63) is 43.2 Å². The van der Waals surface area contributed by atoms with Crippen molar-refractivity contribution >= 4 is 29.3 Å². The van der Waals surface area contributed by atoms with Gasteiger partial charge in [0.25, 0.3) is 11.5 Å². The Morgan fingerprint density at radius 1 is 1.50 bits per heavy atom. The molecule has 0 aliphatic heterocycles. The lowest BCUT2D eigenvalue weighted by Gasteiger charge is -2.01. The van der Waals surface area contributed by atoms with E-state index in [1.165, 1.54) is 17.6 Å². The number of hydrogen-bond donors (Lipinski definition) is 4. The molecule has 0 bridgehead atoms. The first-order chi connectivity index (χ1) is 9.65. The molecule has 0 radical (unpaired) electrons. The van der Waals surface area contributed by atoms with Crippen molar-refractivity contribution in [1.82, 2.24) is 20.6 Å². The van der Waals surface area contributed by atoms with Gasteiger partial charge in [-0.1, -0.05) is 6.07 Å².